The lowest BCUT2D eigenvalue weighted by atomic mass is 10.1. The summed E-state index contributed by atoms with van der Waals surface area (Å²) in [4.78, 5) is 7.47. The van der Waals surface area contributed by atoms with E-state index in [2.05, 4.69) is 9.97 Å². The van der Waals surface area contributed by atoms with Crippen LogP contribution in [-0.2, 0) is 0 Å². The Labute approximate surface area is 91.8 Å². The maximum absolute atomic E-state index is 12.8. The Kier molecular flexibility index (Phi) is 1.96. The van der Waals surface area contributed by atoms with Crippen molar-refractivity contribution in [3.05, 3.63) is 54.6 Å². The molecule has 0 unspecified atom stereocenters. The minimum Gasteiger partial charge on any atom is -0.359 e. The molecular weight excluding hydrogens is 203 g/mol. The minimum atomic E-state index is -0.234. The van der Waals surface area contributed by atoms with Crippen molar-refractivity contribution in [2.24, 2.45) is 0 Å². The van der Waals surface area contributed by atoms with Gasteiger partial charge in [-0.3, -0.25) is 4.98 Å². The highest BCUT2D eigenvalue weighted by atomic mass is 19.1. The third-order valence-corrected chi connectivity index (χ3v) is 2.59. The van der Waals surface area contributed by atoms with Crippen LogP contribution in [0.25, 0.3) is 22.2 Å². The van der Waals surface area contributed by atoms with E-state index >= 15 is 0 Å². The zero-order valence-electron chi connectivity index (χ0n) is 8.44. The second kappa shape index (κ2) is 3.45. The Morgan fingerprint density at radius 2 is 1.81 bits per heavy atom. The van der Waals surface area contributed by atoms with Gasteiger partial charge < -0.3 is 4.98 Å². The summed E-state index contributed by atoms with van der Waals surface area (Å²) < 4.78 is 12.8. The number of hydrogen-bond donors (Lipinski definition) is 1. The fraction of sp³-hybridized carbons (Fsp3) is 0. The van der Waals surface area contributed by atoms with E-state index in [1.165, 1.54) is 12.1 Å². The predicted octanol–water partition coefficient (Wildman–Crippen LogP) is 3.37. The van der Waals surface area contributed by atoms with Gasteiger partial charge in [-0.25, -0.2) is 4.39 Å². The smallest absolute Gasteiger partial charge is 0.123 e. The molecular formula is C13H9FN2. The number of pyridine rings is 1. The molecule has 0 bridgehead atoms. The molecule has 16 heavy (non-hydrogen) atoms. The van der Waals surface area contributed by atoms with Gasteiger partial charge in [0.1, 0.15) is 5.82 Å². The van der Waals surface area contributed by atoms with Crippen LogP contribution < -0.4 is 0 Å². The van der Waals surface area contributed by atoms with Crippen LogP contribution in [-0.4, -0.2) is 9.97 Å². The topological polar surface area (TPSA) is 28.7 Å². The number of H-pyrrole nitrogens is 1. The van der Waals surface area contributed by atoms with Crippen molar-refractivity contribution in [3.8, 4) is 11.3 Å². The van der Waals surface area contributed by atoms with E-state index in [0.29, 0.717) is 0 Å². The van der Waals surface area contributed by atoms with Crippen molar-refractivity contribution in [1.82, 2.24) is 9.97 Å². The van der Waals surface area contributed by atoms with E-state index in [1.807, 2.05) is 18.3 Å². The van der Waals surface area contributed by atoms with Crippen LogP contribution in [0.4, 0.5) is 4.39 Å². The Balaban J connectivity index is 2.25. The standard InChI is InChI=1S/C13H9FN2/c14-11-3-1-9(2-4-11)12-13-10(5-7-15-12)6-8-16-13/h1-8,16H. The van der Waals surface area contributed by atoms with Gasteiger partial charge in [-0.05, 0) is 36.4 Å². The zero-order chi connectivity index (χ0) is 11.0. The number of benzene rings is 1. The van der Waals surface area contributed by atoms with Crippen molar-refractivity contribution in [2.75, 3.05) is 0 Å². The maximum atomic E-state index is 12.8. The summed E-state index contributed by atoms with van der Waals surface area (Å²) in [6.07, 6.45) is 3.63. The number of hydrogen-bond acceptors (Lipinski definition) is 1. The zero-order valence-corrected chi connectivity index (χ0v) is 8.44. The molecule has 0 aliphatic heterocycles. The number of halogens is 1. The molecule has 3 heteroatoms. The molecule has 0 aliphatic carbocycles. The molecule has 0 amide bonds. The fourth-order valence-corrected chi connectivity index (χ4v) is 1.81. The lowest BCUT2D eigenvalue weighted by Gasteiger charge is -2.02. The highest BCUT2D eigenvalue weighted by molar-refractivity contribution is 5.91. The van der Waals surface area contributed by atoms with E-state index < -0.39 is 0 Å². The van der Waals surface area contributed by atoms with Crippen molar-refractivity contribution in [3.63, 3.8) is 0 Å². The van der Waals surface area contributed by atoms with Gasteiger partial charge in [0, 0.05) is 23.3 Å². The third-order valence-electron chi connectivity index (χ3n) is 2.59. The van der Waals surface area contributed by atoms with Crippen LogP contribution in [0.15, 0.2) is 48.8 Å². The molecule has 0 fully saturated rings. The average molecular weight is 212 g/mol. The summed E-state index contributed by atoms with van der Waals surface area (Å²) in [6, 6.07) is 10.3. The Bertz CT molecular complexity index is 626. The van der Waals surface area contributed by atoms with Crippen molar-refractivity contribution >= 4 is 10.9 Å². The molecule has 2 aromatic heterocycles. The summed E-state index contributed by atoms with van der Waals surface area (Å²) in [7, 11) is 0. The normalized spacial score (nSPS) is 10.8. The van der Waals surface area contributed by atoms with Crippen LogP contribution in [0.1, 0.15) is 0 Å². The molecule has 3 rings (SSSR count). The van der Waals surface area contributed by atoms with E-state index in [4.69, 9.17) is 0 Å². The largest absolute Gasteiger partial charge is 0.359 e. The monoisotopic (exact) mass is 212 g/mol. The average Bonchev–Trinajstić information content (AvgIpc) is 2.78. The van der Waals surface area contributed by atoms with Crippen molar-refractivity contribution < 1.29 is 4.39 Å². The Morgan fingerprint density at radius 3 is 2.62 bits per heavy atom. The van der Waals surface area contributed by atoms with E-state index in [1.54, 1.807) is 18.3 Å². The van der Waals surface area contributed by atoms with Gasteiger partial charge in [-0.15, -0.1) is 0 Å². The molecule has 0 aliphatic rings. The van der Waals surface area contributed by atoms with Gasteiger partial charge >= 0.3 is 0 Å². The summed E-state index contributed by atoms with van der Waals surface area (Å²) in [5, 5.41) is 1.11. The molecule has 0 saturated heterocycles. The van der Waals surface area contributed by atoms with Crippen LogP contribution >= 0.6 is 0 Å². The molecule has 1 N–H and O–H groups in total. The van der Waals surface area contributed by atoms with E-state index in [-0.39, 0.29) is 5.82 Å². The number of nitrogens with zero attached hydrogens (tertiary/aromatic N) is 1. The predicted molar refractivity (Wildman–Crippen MR) is 61.5 cm³/mol. The third kappa shape index (κ3) is 1.37. The molecule has 2 heterocycles. The second-order valence-corrected chi connectivity index (χ2v) is 3.61. The van der Waals surface area contributed by atoms with Crippen LogP contribution in [0, 0.1) is 5.82 Å². The van der Waals surface area contributed by atoms with Gasteiger partial charge in [0.25, 0.3) is 0 Å². The first-order valence-corrected chi connectivity index (χ1v) is 5.02. The summed E-state index contributed by atoms with van der Waals surface area (Å²) in [6.45, 7) is 0. The molecule has 0 saturated carbocycles. The number of aromatic amines is 1. The highest BCUT2D eigenvalue weighted by Crippen LogP contribution is 2.24. The van der Waals surface area contributed by atoms with Crippen molar-refractivity contribution in [2.45, 2.75) is 0 Å². The first kappa shape index (κ1) is 9.09. The molecule has 0 spiro atoms. The van der Waals surface area contributed by atoms with Crippen molar-refractivity contribution in [1.29, 1.82) is 0 Å². The number of aromatic nitrogens is 2. The molecule has 1 aromatic carbocycles. The number of nitrogens with one attached hydrogen (secondary N) is 1. The van der Waals surface area contributed by atoms with Gasteiger partial charge in [0.15, 0.2) is 0 Å². The maximum Gasteiger partial charge on any atom is 0.123 e. The summed E-state index contributed by atoms with van der Waals surface area (Å²) >= 11 is 0. The highest BCUT2D eigenvalue weighted by Gasteiger charge is 2.05. The Morgan fingerprint density at radius 1 is 1.00 bits per heavy atom. The summed E-state index contributed by atoms with van der Waals surface area (Å²) in [5.74, 6) is -0.234. The Hall–Kier alpha value is -2.16. The van der Waals surface area contributed by atoms with Crippen LogP contribution in [0.2, 0.25) is 0 Å². The SMILES string of the molecule is Fc1ccc(-c2nccc3cc[nH]c23)cc1. The first-order chi connectivity index (χ1) is 7.84. The quantitative estimate of drug-likeness (QED) is 0.658. The number of fused-ring (bicyclic) bond motifs is 1. The molecule has 78 valence electrons. The molecule has 0 radical (unpaired) electrons. The fourth-order valence-electron chi connectivity index (χ4n) is 1.81. The van der Waals surface area contributed by atoms with E-state index in [9.17, 15) is 4.39 Å². The lowest BCUT2D eigenvalue weighted by Crippen LogP contribution is -1.85. The van der Waals surface area contributed by atoms with Gasteiger partial charge in [-0.1, -0.05) is 0 Å². The van der Waals surface area contributed by atoms with Crippen LogP contribution in [0.5, 0.6) is 0 Å². The molecule has 0 atom stereocenters. The van der Waals surface area contributed by atoms with Gasteiger partial charge in [0.2, 0.25) is 0 Å². The van der Waals surface area contributed by atoms with Gasteiger partial charge in [-0.2, -0.15) is 0 Å². The molecule has 2 nitrogen and oxygen atoms in total. The first-order valence-electron chi connectivity index (χ1n) is 5.02. The second-order valence-electron chi connectivity index (χ2n) is 3.61. The van der Waals surface area contributed by atoms with E-state index in [0.717, 1.165) is 22.2 Å². The van der Waals surface area contributed by atoms with Crippen LogP contribution in [0.3, 0.4) is 0 Å². The lowest BCUT2D eigenvalue weighted by molar-refractivity contribution is 0.628. The summed E-state index contributed by atoms with van der Waals surface area (Å²) in [5.41, 5.74) is 2.74. The minimum absolute atomic E-state index is 0.234. The number of rotatable bonds is 1. The molecule has 3 aromatic rings. The van der Waals surface area contributed by atoms with Gasteiger partial charge in [0.05, 0.1) is 11.2 Å².